The molecule has 0 unspecified atom stereocenters. The molecule has 112 valence electrons. The maximum Gasteiger partial charge on any atom is 0.0453 e. The molecule has 0 amide bonds. The summed E-state index contributed by atoms with van der Waals surface area (Å²) in [7, 11) is 0. The molecule has 0 bridgehead atoms. The molecule has 20 heavy (non-hydrogen) atoms. The van der Waals surface area contributed by atoms with Gasteiger partial charge in [0.15, 0.2) is 0 Å². The maximum absolute atomic E-state index is 6.33. The second-order valence-electron chi connectivity index (χ2n) is 6.02. The highest BCUT2D eigenvalue weighted by Gasteiger charge is 2.19. The van der Waals surface area contributed by atoms with Crippen molar-refractivity contribution in [3.63, 3.8) is 0 Å². The van der Waals surface area contributed by atoms with Crippen molar-refractivity contribution in [2.45, 2.75) is 39.7 Å². The Labute approximate surface area is 128 Å². The summed E-state index contributed by atoms with van der Waals surface area (Å²) in [6, 6.07) is 6.40. The van der Waals surface area contributed by atoms with Gasteiger partial charge in [-0.1, -0.05) is 30.7 Å². The molecule has 1 aliphatic heterocycles. The van der Waals surface area contributed by atoms with Crippen LogP contribution in [0.2, 0.25) is 5.02 Å². The van der Waals surface area contributed by atoms with Gasteiger partial charge in [0.1, 0.15) is 0 Å². The highest BCUT2D eigenvalue weighted by atomic mass is 35.5. The number of piperidine rings is 1. The molecule has 3 heteroatoms. The molecule has 2 nitrogen and oxygen atoms in total. The van der Waals surface area contributed by atoms with Crippen LogP contribution in [0.25, 0.3) is 0 Å². The number of hydrogen-bond donors (Lipinski definition) is 1. The normalized spacial score (nSPS) is 17.6. The van der Waals surface area contributed by atoms with Crippen LogP contribution in [0, 0.1) is 12.8 Å². The van der Waals surface area contributed by atoms with Crippen molar-refractivity contribution in [3.05, 3.63) is 34.3 Å². The van der Waals surface area contributed by atoms with E-state index in [1.807, 2.05) is 0 Å². The predicted molar refractivity (Wildman–Crippen MR) is 87.4 cm³/mol. The van der Waals surface area contributed by atoms with Crippen LogP contribution in [0.3, 0.4) is 0 Å². The summed E-state index contributed by atoms with van der Waals surface area (Å²) in [5.41, 5.74) is 2.50. The highest BCUT2D eigenvalue weighted by Crippen LogP contribution is 2.23. The predicted octanol–water partition coefficient (Wildman–Crippen LogP) is 3.86. The van der Waals surface area contributed by atoms with Gasteiger partial charge in [-0.05, 0) is 75.5 Å². The number of aryl methyl sites for hydroxylation is 1. The fourth-order valence-corrected chi connectivity index (χ4v) is 3.15. The van der Waals surface area contributed by atoms with Crippen LogP contribution in [-0.2, 0) is 6.54 Å². The molecule has 1 heterocycles. The van der Waals surface area contributed by atoms with E-state index in [0.29, 0.717) is 0 Å². The number of rotatable bonds is 6. The Kier molecular flexibility index (Phi) is 6.34. The van der Waals surface area contributed by atoms with Gasteiger partial charge in [-0.2, -0.15) is 0 Å². The molecule has 0 aliphatic carbocycles. The number of nitrogens with one attached hydrogen (secondary N) is 1. The molecule has 1 aromatic carbocycles. The van der Waals surface area contributed by atoms with Gasteiger partial charge in [-0.15, -0.1) is 0 Å². The Balaban J connectivity index is 1.76. The molecule has 0 spiro atoms. The molecule has 1 saturated heterocycles. The Bertz CT molecular complexity index is 411. The molecule has 0 saturated carbocycles. The summed E-state index contributed by atoms with van der Waals surface area (Å²) in [4.78, 5) is 2.53. The highest BCUT2D eigenvalue weighted by molar-refractivity contribution is 6.31. The first kappa shape index (κ1) is 15.8. The fraction of sp³-hybridized carbons (Fsp3) is 0.647. The van der Waals surface area contributed by atoms with Gasteiger partial charge in [0.25, 0.3) is 0 Å². The third kappa shape index (κ3) is 4.76. The standard InChI is InChI=1S/C17H27ClN2/c1-3-8-19-12-15-6-9-20(10-7-15)13-16-5-4-14(2)11-17(16)18/h4-5,11,15,19H,3,6-10,12-13H2,1-2H3. The monoisotopic (exact) mass is 294 g/mol. The zero-order valence-corrected chi connectivity index (χ0v) is 13.5. The van der Waals surface area contributed by atoms with Crippen LogP contribution in [0.5, 0.6) is 0 Å². The third-order valence-corrected chi connectivity index (χ3v) is 4.52. The molecular weight excluding hydrogens is 268 g/mol. The van der Waals surface area contributed by atoms with E-state index in [4.69, 9.17) is 11.6 Å². The zero-order valence-electron chi connectivity index (χ0n) is 12.8. The minimum atomic E-state index is 0.853. The summed E-state index contributed by atoms with van der Waals surface area (Å²) in [6.07, 6.45) is 3.84. The van der Waals surface area contributed by atoms with E-state index in [1.54, 1.807) is 0 Å². The largest absolute Gasteiger partial charge is 0.316 e. The van der Waals surface area contributed by atoms with Gasteiger partial charge >= 0.3 is 0 Å². The van der Waals surface area contributed by atoms with Crippen molar-refractivity contribution in [2.24, 2.45) is 5.92 Å². The SMILES string of the molecule is CCCNCC1CCN(Cc2ccc(C)cc2Cl)CC1. The minimum Gasteiger partial charge on any atom is -0.316 e. The first-order chi connectivity index (χ1) is 9.69. The number of likely N-dealkylation sites (tertiary alicyclic amines) is 1. The first-order valence-electron chi connectivity index (χ1n) is 7.87. The summed E-state index contributed by atoms with van der Waals surface area (Å²) >= 11 is 6.33. The van der Waals surface area contributed by atoms with Gasteiger partial charge in [-0.3, -0.25) is 4.90 Å². The van der Waals surface area contributed by atoms with Gasteiger partial charge in [0, 0.05) is 11.6 Å². The summed E-state index contributed by atoms with van der Waals surface area (Å²) in [5.74, 6) is 0.853. The summed E-state index contributed by atoms with van der Waals surface area (Å²) in [5, 5.41) is 4.46. The van der Waals surface area contributed by atoms with Crippen LogP contribution < -0.4 is 5.32 Å². The van der Waals surface area contributed by atoms with Crippen molar-refractivity contribution in [1.82, 2.24) is 10.2 Å². The lowest BCUT2D eigenvalue weighted by Crippen LogP contribution is -2.37. The number of halogens is 1. The zero-order chi connectivity index (χ0) is 14.4. The lowest BCUT2D eigenvalue weighted by Gasteiger charge is -2.32. The summed E-state index contributed by atoms with van der Waals surface area (Å²) < 4.78 is 0. The van der Waals surface area contributed by atoms with Crippen LogP contribution in [0.4, 0.5) is 0 Å². The Hall–Kier alpha value is -0.570. The van der Waals surface area contributed by atoms with Crippen molar-refractivity contribution in [3.8, 4) is 0 Å². The third-order valence-electron chi connectivity index (χ3n) is 4.17. The van der Waals surface area contributed by atoms with E-state index in [1.165, 1.54) is 50.0 Å². The number of nitrogens with zero attached hydrogens (tertiary/aromatic N) is 1. The fourth-order valence-electron chi connectivity index (χ4n) is 2.85. The lowest BCUT2D eigenvalue weighted by atomic mass is 9.96. The van der Waals surface area contributed by atoms with Crippen LogP contribution in [0.1, 0.15) is 37.3 Å². The average molecular weight is 295 g/mol. The maximum atomic E-state index is 6.33. The van der Waals surface area contributed by atoms with Crippen LogP contribution in [0.15, 0.2) is 18.2 Å². The van der Waals surface area contributed by atoms with Crippen LogP contribution in [-0.4, -0.2) is 31.1 Å². The van der Waals surface area contributed by atoms with E-state index in [0.717, 1.165) is 24.0 Å². The van der Waals surface area contributed by atoms with Gasteiger partial charge in [0.05, 0.1) is 0 Å². The quantitative estimate of drug-likeness (QED) is 0.802. The first-order valence-corrected chi connectivity index (χ1v) is 8.25. The van der Waals surface area contributed by atoms with Gasteiger partial charge in [0.2, 0.25) is 0 Å². The van der Waals surface area contributed by atoms with Gasteiger partial charge < -0.3 is 5.32 Å². The average Bonchev–Trinajstić information content (AvgIpc) is 2.44. The Morgan fingerprint density at radius 2 is 2.05 bits per heavy atom. The van der Waals surface area contributed by atoms with Crippen molar-refractivity contribution in [2.75, 3.05) is 26.2 Å². The molecule has 1 fully saturated rings. The minimum absolute atomic E-state index is 0.853. The van der Waals surface area contributed by atoms with Crippen molar-refractivity contribution < 1.29 is 0 Å². The van der Waals surface area contributed by atoms with Gasteiger partial charge in [-0.25, -0.2) is 0 Å². The van der Waals surface area contributed by atoms with E-state index >= 15 is 0 Å². The topological polar surface area (TPSA) is 15.3 Å². The smallest absolute Gasteiger partial charge is 0.0453 e. The second-order valence-corrected chi connectivity index (χ2v) is 6.43. The van der Waals surface area contributed by atoms with Crippen LogP contribution >= 0.6 is 11.6 Å². The van der Waals surface area contributed by atoms with E-state index < -0.39 is 0 Å². The second kappa shape index (κ2) is 8.02. The van der Waals surface area contributed by atoms with Crippen molar-refractivity contribution in [1.29, 1.82) is 0 Å². The van der Waals surface area contributed by atoms with E-state index in [2.05, 4.69) is 42.3 Å². The lowest BCUT2D eigenvalue weighted by molar-refractivity contribution is 0.175. The molecule has 1 N–H and O–H groups in total. The molecular formula is C17H27ClN2. The Morgan fingerprint density at radius 3 is 2.70 bits per heavy atom. The number of hydrogen-bond acceptors (Lipinski definition) is 2. The molecule has 0 radical (unpaired) electrons. The number of benzene rings is 1. The molecule has 2 rings (SSSR count). The molecule has 1 aliphatic rings. The van der Waals surface area contributed by atoms with Crippen molar-refractivity contribution >= 4 is 11.6 Å². The molecule has 0 atom stereocenters. The van der Waals surface area contributed by atoms with E-state index in [9.17, 15) is 0 Å². The summed E-state index contributed by atoms with van der Waals surface area (Å²) in [6.45, 7) is 10.0. The Morgan fingerprint density at radius 1 is 1.30 bits per heavy atom. The van der Waals surface area contributed by atoms with E-state index in [-0.39, 0.29) is 0 Å². The molecule has 1 aromatic rings. The molecule has 0 aromatic heterocycles.